The number of benzene rings is 1. The highest BCUT2D eigenvalue weighted by Crippen LogP contribution is 2.24. The predicted octanol–water partition coefficient (Wildman–Crippen LogP) is 3.24. The second kappa shape index (κ2) is 7.60. The van der Waals surface area contributed by atoms with E-state index in [1.54, 1.807) is 24.5 Å². The van der Waals surface area contributed by atoms with Crippen molar-refractivity contribution in [3.8, 4) is 5.69 Å². The molecule has 1 amide bonds. The fourth-order valence-corrected chi connectivity index (χ4v) is 3.39. The van der Waals surface area contributed by atoms with Crippen LogP contribution in [0, 0.1) is 5.82 Å². The topological polar surface area (TPSA) is 85.4 Å². The Labute approximate surface area is 170 Å². The second-order valence-corrected chi connectivity index (χ2v) is 6.88. The third-order valence-corrected chi connectivity index (χ3v) is 4.92. The summed E-state index contributed by atoms with van der Waals surface area (Å²) < 4.78 is 26.4. The molecular formula is C21H18FN5O3. The van der Waals surface area contributed by atoms with Crippen molar-refractivity contribution in [2.75, 3.05) is 36.5 Å². The van der Waals surface area contributed by atoms with Crippen LogP contribution in [-0.4, -0.2) is 47.0 Å². The smallest absolute Gasteiger partial charge is 0.291 e. The lowest BCUT2D eigenvalue weighted by molar-refractivity contribution is 0.0996. The van der Waals surface area contributed by atoms with E-state index in [9.17, 15) is 9.18 Å². The maximum Gasteiger partial charge on any atom is 0.291 e. The number of nitrogens with zero attached hydrogens (tertiary/aromatic N) is 4. The number of furan rings is 1. The Morgan fingerprint density at radius 1 is 1.17 bits per heavy atom. The number of fused-ring (bicyclic) bond motifs is 1. The zero-order valence-corrected chi connectivity index (χ0v) is 15.9. The molecule has 152 valence electrons. The number of aromatic nitrogens is 3. The Morgan fingerprint density at radius 3 is 2.83 bits per heavy atom. The van der Waals surface area contributed by atoms with Gasteiger partial charge in [-0.2, -0.15) is 0 Å². The van der Waals surface area contributed by atoms with Gasteiger partial charge in [-0.15, -0.1) is 5.10 Å². The van der Waals surface area contributed by atoms with Crippen molar-refractivity contribution in [3.05, 3.63) is 66.6 Å². The van der Waals surface area contributed by atoms with Gasteiger partial charge in [-0.05, 0) is 36.4 Å². The minimum Gasteiger partial charge on any atom is -0.459 e. The molecule has 0 saturated carbocycles. The number of hydrogen-bond acceptors (Lipinski definition) is 6. The van der Waals surface area contributed by atoms with Crippen molar-refractivity contribution in [1.29, 1.82) is 0 Å². The summed E-state index contributed by atoms with van der Waals surface area (Å²) in [6, 6.07) is 9.45. The molecule has 1 aliphatic heterocycles. The van der Waals surface area contributed by atoms with Gasteiger partial charge in [-0.1, -0.05) is 0 Å². The molecule has 4 heterocycles. The van der Waals surface area contributed by atoms with Crippen LogP contribution in [0.3, 0.4) is 0 Å². The van der Waals surface area contributed by atoms with Crippen molar-refractivity contribution < 1.29 is 18.3 Å². The van der Waals surface area contributed by atoms with Gasteiger partial charge in [0, 0.05) is 30.4 Å². The van der Waals surface area contributed by atoms with Gasteiger partial charge in [-0.3, -0.25) is 4.79 Å². The summed E-state index contributed by atoms with van der Waals surface area (Å²) in [5.41, 5.74) is 2.12. The maximum absolute atomic E-state index is 14.5. The summed E-state index contributed by atoms with van der Waals surface area (Å²) in [5.74, 6) is -0.710. The number of amides is 1. The molecule has 1 N–H and O–H groups in total. The van der Waals surface area contributed by atoms with Crippen molar-refractivity contribution in [1.82, 2.24) is 14.8 Å². The molecular weight excluding hydrogens is 389 g/mol. The van der Waals surface area contributed by atoms with E-state index in [0.717, 1.165) is 24.2 Å². The summed E-state index contributed by atoms with van der Waals surface area (Å²) in [4.78, 5) is 18.8. The highest BCUT2D eigenvalue weighted by molar-refractivity contribution is 6.02. The van der Waals surface area contributed by atoms with E-state index < -0.39 is 11.7 Å². The van der Waals surface area contributed by atoms with E-state index in [-0.39, 0.29) is 11.4 Å². The number of carbonyl (C=O) groups is 1. The van der Waals surface area contributed by atoms with Crippen molar-refractivity contribution >= 4 is 28.3 Å². The first-order valence-electron chi connectivity index (χ1n) is 9.50. The Kier molecular flexibility index (Phi) is 4.64. The van der Waals surface area contributed by atoms with Crippen LogP contribution in [0.15, 0.2) is 59.5 Å². The Balaban J connectivity index is 1.44. The molecule has 0 radical (unpaired) electrons. The average molecular weight is 407 g/mol. The number of pyridine rings is 1. The lowest BCUT2D eigenvalue weighted by Gasteiger charge is -2.28. The van der Waals surface area contributed by atoms with Crippen LogP contribution in [-0.2, 0) is 4.74 Å². The summed E-state index contributed by atoms with van der Waals surface area (Å²) in [7, 11) is 0. The van der Waals surface area contributed by atoms with Crippen LogP contribution >= 0.6 is 0 Å². The van der Waals surface area contributed by atoms with Gasteiger partial charge in [0.2, 0.25) is 0 Å². The van der Waals surface area contributed by atoms with E-state index in [4.69, 9.17) is 9.15 Å². The molecule has 0 spiro atoms. The van der Waals surface area contributed by atoms with Gasteiger partial charge in [0.05, 0.1) is 31.4 Å². The van der Waals surface area contributed by atoms with Gasteiger partial charge in [-0.25, -0.2) is 14.1 Å². The second-order valence-electron chi connectivity index (χ2n) is 6.88. The largest absolute Gasteiger partial charge is 0.459 e. The Bertz CT molecular complexity index is 1200. The zero-order valence-electron chi connectivity index (χ0n) is 15.9. The summed E-state index contributed by atoms with van der Waals surface area (Å²) >= 11 is 0. The summed E-state index contributed by atoms with van der Waals surface area (Å²) in [6.45, 7) is 2.96. The third kappa shape index (κ3) is 3.50. The molecule has 1 saturated heterocycles. The predicted molar refractivity (Wildman–Crippen MR) is 109 cm³/mol. The van der Waals surface area contributed by atoms with Crippen LogP contribution in [0.5, 0.6) is 0 Å². The minimum atomic E-state index is -0.466. The van der Waals surface area contributed by atoms with Crippen molar-refractivity contribution in [2.45, 2.75) is 0 Å². The first-order chi connectivity index (χ1) is 14.7. The highest BCUT2D eigenvalue weighted by atomic mass is 19.1. The number of rotatable bonds is 4. The summed E-state index contributed by atoms with van der Waals surface area (Å²) in [5, 5.41) is 7.88. The number of carbonyl (C=O) groups excluding carboxylic acids is 1. The van der Waals surface area contributed by atoms with E-state index in [0.29, 0.717) is 24.5 Å². The standard InChI is InChI=1S/C21H18FN5O3/c22-17-4-3-15(24-21(28)19-2-1-7-30-19)11-18(17)27-13-14-10-16(12-23-20(14)25-27)26-5-8-29-9-6-26/h1-4,7,10-13H,5-6,8-9H2,(H,24,28). The molecule has 1 fully saturated rings. The lowest BCUT2D eigenvalue weighted by atomic mass is 10.2. The molecule has 0 unspecified atom stereocenters. The van der Waals surface area contributed by atoms with Crippen LogP contribution in [0.2, 0.25) is 0 Å². The molecule has 1 aliphatic rings. The van der Waals surface area contributed by atoms with E-state index in [1.165, 1.54) is 29.1 Å². The van der Waals surface area contributed by atoms with Crippen LogP contribution in [0.1, 0.15) is 10.6 Å². The minimum absolute atomic E-state index is 0.172. The molecule has 5 rings (SSSR count). The van der Waals surface area contributed by atoms with Crippen molar-refractivity contribution in [2.24, 2.45) is 0 Å². The van der Waals surface area contributed by atoms with E-state index in [1.807, 2.05) is 6.07 Å². The average Bonchev–Trinajstić information content (AvgIpc) is 3.45. The normalized spacial score (nSPS) is 14.2. The van der Waals surface area contributed by atoms with Gasteiger partial charge in [0.25, 0.3) is 5.91 Å². The van der Waals surface area contributed by atoms with Crippen LogP contribution in [0.4, 0.5) is 15.8 Å². The first-order valence-corrected chi connectivity index (χ1v) is 9.50. The molecule has 0 aliphatic carbocycles. The van der Waals surface area contributed by atoms with E-state index >= 15 is 0 Å². The van der Waals surface area contributed by atoms with Gasteiger partial charge >= 0.3 is 0 Å². The van der Waals surface area contributed by atoms with Crippen molar-refractivity contribution in [3.63, 3.8) is 0 Å². The number of anilines is 2. The molecule has 9 heteroatoms. The molecule has 30 heavy (non-hydrogen) atoms. The molecule has 8 nitrogen and oxygen atoms in total. The zero-order chi connectivity index (χ0) is 20.5. The number of nitrogens with one attached hydrogen (secondary N) is 1. The van der Waals surface area contributed by atoms with Gasteiger partial charge < -0.3 is 19.4 Å². The Hall–Kier alpha value is -3.72. The highest BCUT2D eigenvalue weighted by Gasteiger charge is 2.15. The van der Waals surface area contributed by atoms with Crippen LogP contribution < -0.4 is 10.2 Å². The quantitative estimate of drug-likeness (QED) is 0.559. The molecule has 4 aromatic rings. The summed E-state index contributed by atoms with van der Waals surface area (Å²) in [6.07, 6.45) is 4.91. The maximum atomic E-state index is 14.5. The van der Waals surface area contributed by atoms with E-state index in [2.05, 4.69) is 20.3 Å². The van der Waals surface area contributed by atoms with Gasteiger partial charge in [0.15, 0.2) is 11.4 Å². The molecule has 0 atom stereocenters. The first kappa shape index (κ1) is 18.3. The molecule has 3 aromatic heterocycles. The molecule has 1 aromatic carbocycles. The molecule has 0 bridgehead atoms. The number of hydrogen-bond donors (Lipinski definition) is 1. The number of ether oxygens (including phenoxy) is 1. The Morgan fingerprint density at radius 2 is 2.03 bits per heavy atom. The monoisotopic (exact) mass is 407 g/mol. The third-order valence-electron chi connectivity index (χ3n) is 4.92. The van der Waals surface area contributed by atoms with Crippen LogP contribution in [0.25, 0.3) is 16.7 Å². The number of halogens is 1. The lowest BCUT2D eigenvalue weighted by Crippen LogP contribution is -2.36. The number of morpholine rings is 1. The SMILES string of the molecule is O=C(Nc1ccc(F)c(-n2cc3cc(N4CCOCC4)cnc3n2)c1)c1ccco1. The fourth-order valence-electron chi connectivity index (χ4n) is 3.39. The fraction of sp³-hybridized carbons (Fsp3) is 0.190. The van der Waals surface area contributed by atoms with Gasteiger partial charge in [0.1, 0.15) is 11.5 Å².